The Bertz CT molecular complexity index is 2660. The van der Waals surface area contributed by atoms with Crippen molar-refractivity contribution in [2.24, 2.45) is 5.92 Å². The fraction of sp³-hybridized carbons (Fsp3) is 0.884. The van der Waals surface area contributed by atoms with E-state index in [1.54, 1.807) is 0 Å². The maximum atomic E-state index is 14.3. The van der Waals surface area contributed by atoms with E-state index in [1.807, 2.05) is 0 Å². The lowest BCUT2D eigenvalue weighted by atomic mass is 9.94. The Labute approximate surface area is 652 Å². The van der Waals surface area contributed by atoms with Crippen LogP contribution in [0, 0.1) is 5.92 Å². The van der Waals surface area contributed by atoms with Gasteiger partial charge in [0.1, 0.15) is 98.9 Å². The summed E-state index contributed by atoms with van der Waals surface area (Å²) in [7, 11) is -3.07. The van der Waals surface area contributed by atoms with Gasteiger partial charge in [-0.3, -0.25) is 47.4 Å². The molecule has 0 aromatic heterocycles. The van der Waals surface area contributed by atoms with Crippen LogP contribution in [0.3, 0.4) is 0 Å². The molecule has 3 fully saturated rings. The lowest BCUT2D eigenvalue weighted by molar-refractivity contribution is -0.272. The molecule has 0 aromatic carbocycles. The average Bonchev–Trinajstić information content (AvgIpc) is 0.821. The quantitative estimate of drug-likeness (QED) is 0.0199. The molecule has 3 aliphatic rings. The van der Waals surface area contributed by atoms with Crippen LogP contribution >= 0.6 is 7.82 Å². The van der Waals surface area contributed by atoms with Crippen LogP contribution in [0.25, 0.3) is 0 Å². The molecule has 1 unspecified atom stereocenters. The molecule has 42 nitrogen and oxygen atoms in total. The number of nitrogens with one attached hydrogen (secondary N) is 6. The van der Waals surface area contributed by atoms with E-state index in [9.17, 15) is 93.8 Å². The molecule has 0 bridgehead atoms. The van der Waals surface area contributed by atoms with Gasteiger partial charge in [0.15, 0.2) is 30.4 Å². The zero-order valence-corrected chi connectivity index (χ0v) is 65.5. The summed E-state index contributed by atoms with van der Waals surface area (Å²) >= 11 is 0. The minimum atomic E-state index is -4.13. The van der Waals surface area contributed by atoms with Crippen LogP contribution in [0.1, 0.15) is 104 Å². The van der Waals surface area contributed by atoms with Crippen molar-refractivity contribution in [1.29, 1.82) is 0 Å². The average molecular weight is 1650 g/mol. The highest BCUT2D eigenvalue weighted by Gasteiger charge is 2.48. The Kier molecular flexibility index (Phi) is 55.1. The van der Waals surface area contributed by atoms with Crippen LogP contribution in [0.5, 0.6) is 0 Å². The molecule has 6 amide bonds. The van der Waals surface area contributed by atoms with Crippen molar-refractivity contribution in [1.82, 2.24) is 31.9 Å². The van der Waals surface area contributed by atoms with Gasteiger partial charge in [-0.05, 0) is 38.5 Å². The van der Waals surface area contributed by atoms with Crippen LogP contribution in [-0.2, 0) is 123 Å². The predicted molar refractivity (Wildman–Crippen MR) is 386 cm³/mol. The first-order valence-corrected chi connectivity index (χ1v) is 39.4. The van der Waals surface area contributed by atoms with E-state index in [2.05, 4.69) is 36.4 Å². The molecular weight excluding hydrogens is 1520 g/mol. The topological polar surface area (TPSA) is 585 Å². The number of amides is 6. The number of hydrogen-bond donors (Lipinski definition) is 16. The van der Waals surface area contributed by atoms with Crippen LogP contribution < -0.4 is 31.9 Å². The van der Waals surface area contributed by atoms with Crippen LogP contribution in [0.4, 0.5) is 0 Å². The number of carbonyl (C=O) groups excluding carboxylic acids is 8. The van der Waals surface area contributed by atoms with Gasteiger partial charge in [0, 0.05) is 59.7 Å². The monoisotopic (exact) mass is 1640 g/mol. The van der Waals surface area contributed by atoms with Gasteiger partial charge in [-0.15, -0.1) is 0 Å². The van der Waals surface area contributed by atoms with E-state index in [1.165, 1.54) is 20.8 Å². The summed E-state index contributed by atoms with van der Waals surface area (Å²) in [6.45, 7) is 3.02. The molecule has 3 saturated heterocycles. The molecule has 0 aliphatic carbocycles. The molecule has 0 spiro atoms. The zero-order chi connectivity index (χ0) is 82.5. The molecule has 0 saturated carbocycles. The van der Waals surface area contributed by atoms with Gasteiger partial charge in [0.25, 0.3) is 0 Å². The van der Waals surface area contributed by atoms with E-state index in [4.69, 9.17) is 75.6 Å². The van der Waals surface area contributed by atoms with Gasteiger partial charge >= 0.3 is 7.82 Å². The molecule has 3 heterocycles. The highest BCUT2D eigenvalue weighted by Crippen LogP contribution is 2.42. The fourth-order valence-corrected chi connectivity index (χ4v) is 11.9. The van der Waals surface area contributed by atoms with Crippen molar-refractivity contribution >= 4 is 54.8 Å². The summed E-state index contributed by atoms with van der Waals surface area (Å²) < 4.78 is 104. The molecule has 3 rings (SSSR count). The SMILES string of the molecule is COP(=O)(O)OCCCCCCNC(=O)[C@H](CCCCCC(=O)COCCOCCOCCO[C@@H]1O[C@H](CO)[C@H](O)[C@H](O)[C@H]1NC(C)=O)NC(=O)[C@H](CCCCNC(=O)COCCOCCOCCO[C@@H]1O[C@H](CO)[C@H](O)[C@H](O)[C@H]1NC(C)=O)CC(=O)COCCOCCOCCO[C@@H]1O[C@H](CO)[C@H](O)[C@H](O)[C@H]1NC(C)=O. The molecule has 3 aliphatic heterocycles. The van der Waals surface area contributed by atoms with Crippen molar-refractivity contribution in [2.75, 3.05) is 185 Å². The number of ketones is 2. The standard InChI is InChI=1S/C69H125N6O36P/c1-45(79)72-56-62(88)59(85)52(39-76)109-67(56)105-35-32-99-23-20-96-26-29-102-42-49(82)15-8-7-9-16-51(66(92)71-18-11-5-6-13-19-108-112(93,94)95-4)75-65(91)48(38-50(83)43-103-30-27-97-21-24-100-33-36-106-68-57(73-46(2)80)63(89)60(86)53(40-77)110-68)14-10-12-17-70-55(84)44-104-31-28-98-22-25-101-34-37-107-69-58(74-47(3)81)64(90)61(87)54(41-78)111-69/h48,51-54,56-64,67-69,76-78,85-90H,5-44H2,1-4H3,(H,70,84)(H,71,92)(H,72,79)(H,73,80)(H,74,81)(H,75,91)(H,93,94)/t48-,51+,52-,53-,54-,56-,57-,58-,59+,60+,61+,62-,63-,64-,67-,68-,69-/m1/s1. The molecule has 0 radical (unpaired) electrons. The van der Waals surface area contributed by atoms with Gasteiger partial charge in [-0.25, -0.2) is 4.57 Å². The Morgan fingerprint density at radius 3 is 1.17 bits per heavy atom. The Morgan fingerprint density at radius 1 is 0.402 bits per heavy atom. The molecule has 112 heavy (non-hydrogen) atoms. The highest BCUT2D eigenvalue weighted by molar-refractivity contribution is 7.47. The lowest BCUT2D eigenvalue weighted by Crippen LogP contribution is -2.64. The Hall–Kier alpha value is -4.69. The second-order valence-electron chi connectivity index (χ2n) is 26.4. The molecule has 16 N–H and O–H groups in total. The molecular formula is C69H125N6O36P. The van der Waals surface area contributed by atoms with Crippen molar-refractivity contribution < 1.29 is 174 Å². The van der Waals surface area contributed by atoms with Gasteiger partial charge in [-0.2, -0.15) is 0 Å². The number of aliphatic hydroxyl groups is 9. The number of hydrogen-bond acceptors (Lipinski definition) is 35. The summed E-state index contributed by atoms with van der Waals surface area (Å²) in [4.78, 5) is 112. The summed E-state index contributed by atoms with van der Waals surface area (Å²) in [5.41, 5.74) is 0. The number of rotatable bonds is 67. The molecule has 18 atom stereocenters. The van der Waals surface area contributed by atoms with Crippen molar-refractivity contribution in [3.8, 4) is 0 Å². The van der Waals surface area contributed by atoms with E-state index in [-0.39, 0.29) is 190 Å². The second kappa shape index (κ2) is 60.8. The van der Waals surface area contributed by atoms with E-state index < -0.39 is 173 Å². The van der Waals surface area contributed by atoms with E-state index in [0.29, 0.717) is 57.8 Å². The highest BCUT2D eigenvalue weighted by atomic mass is 31.2. The number of aliphatic hydroxyl groups excluding tert-OH is 9. The van der Waals surface area contributed by atoms with Crippen LogP contribution in [-0.4, -0.2) is 381 Å². The summed E-state index contributed by atoms with van der Waals surface area (Å²) in [6, 6.07) is -4.34. The maximum absolute atomic E-state index is 14.3. The Morgan fingerprint density at radius 2 is 0.759 bits per heavy atom. The van der Waals surface area contributed by atoms with Gasteiger partial charge in [0.2, 0.25) is 35.4 Å². The first kappa shape index (κ1) is 102. The predicted octanol–water partition coefficient (Wildman–Crippen LogP) is -5.68. The van der Waals surface area contributed by atoms with Gasteiger partial charge in [-0.1, -0.05) is 32.1 Å². The molecule has 652 valence electrons. The number of phosphoric ester groups is 1. The third kappa shape index (κ3) is 43.5. The smallest absolute Gasteiger partial charge is 0.394 e. The van der Waals surface area contributed by atoms with Crippen molar-refractivity contribution in [3.05, 3.63) is 0 Å². The largest absolute Gasteiger partial charge is 0.471 e. The van der Waals surface area contributed by atoms with E-state index in [0.717, 1.165) is 7.11 Å². The number of Topliss-reactive ketones (excluding diaryl/α,β-unsaturated/α-hetero) is 2. The maximum Gasteiger partial charge on any atom is 0.471 e. The lowest BCUT2D eigenvalue weighted by Gasteiger charge is -2.42. The fourth-order valence-electron chi connectivity index (χ4n) is 11.4. The number of unbranched alkanes of at least 4 members (excludes halogenated alkanes) is 6. The number of phosphoric acid groups is 1. The minimum absolute atomic E-state index is 0.00441. The molecule has 0 aromatic rings. The first-order chi connectivity index (χ1) is 53.8. The summed E-state index contributed by atoms with van der Waals surface area (Å²) in [5.74, 6) is -4.49. The second-order valence-corrected chi connectivity index (χ2v) is 28.0. The minimum Gasteiger partial charge on any atom is -0.394 e. The first-order valence-electron chi connectivity index (χ1n) is 37.9. The zero-order valence-electron chi connectivity index (χ0n) is 64.6. The van der Waals surface area contributed by atoms with E-state index >= 15 is 0 Å². The van der Waals surface area contributed by atoms with Crippen LogP contribution in [0.2, 0.25) is 0 Å². The van der Waals surface area contributed by atoms with Gasteiger partial charge < -0.3 is 154 Å². The summed E-state index contributed by atoms with van der Waals surface area (Å²) in [6.07, 6.45) is -11.1. The Balaban J connectivity index is 1.49. The van der Waals surface area contributed by atoms with Crippen LogP contribution in [0.15, 0.2) is 0 Å². The number of ether oxygens (including phenoxy) is 15. The third-order valence-corrected chi connectivity index (χ3v) is 18.3. The van der Waals surface area contributed by atoms with Gasteiger partial charge in [0.05, 0.1) is 145 Å². The summed E-state index contributed by atoms with van der Waals surface area (Å²) in [5, 5.41) is 106. The number of carbonyl (C=O) groups is 8. The third-order valence-electron chi connectivity index (χ3n) is 17.4. The van der Waals surface area contributed by atoms with Crippen molar-refractivity contribution in [2.45, 2.75) is 202 Å². The molecule has 43 heteroatoms. The normalized spacial score (nSPS) is 25.0. The van der Waals surface area contributed by atoms with Crippen molar-refractivity contribution in [3.63, 3.8) is 0 Å².